The third kappa shape index (κ3) is 2.13. The van der Waals surface area contributed by atoms with Crippen molar-refractivity contribution in [2.75, 3.05) is 21.3 Å². The topological polar surface area (TPSA) is 72.5 Å². The van der Waals surface area contributed by atoms with Crippen LogP contribution in [0.5, 0.6) is 17.2 Å². The molecule has 1 aliphatic carbocycles. The number of ether oxygens (including phenoxy) is 6. The molecule has 0 aromatic heterocycles. The number of allylic oxidation sites excluding steroid dienone is 1. The third-order valence-corrected chi connectivity index (χ3v) is 5.69. The predicted octanol–water partition coefficient (Wildman–Crippen LogP) is 3.23. The molecule has 3 aliphatic heterocycles. The summed E-state index contributed by atoms with van der Waals surface area (Å²) in [5.41, 5.74) is 1.05. The van der Waals surface area contributed by atoms with Crippen molar-refractivity contribution in [3.63, 3.8) is 0 Å². The van der Waals surface area contributed by atoms with Gasteiger partial charge in [0.15, 0.2) is 23.0 Å². The van der Waals surface area contributed by atoms with Crippen LogP contribution < -0.4 is 14.2 Å². The van der Waals surface area contributed by atoms with E-state index in [1.54, 1.807) is 18.4 Å². The SMILES string of the molecule is COC1=C2C(=CC3Oc4c(OC)cc(Cl)c(OC)c4C(=O)C13)O[C@H]1OC=C[C@@H]21. The summed E-state index contributed by atoms with van der Waals surface area (Å²) in [7, 11) is 4.48. The van der Waals surface area contributed by atoms with Crippen molar-refractivity contribution in [2.45, 2.75) is 12.4 Å². The van der Waals surface area contributed by atoms with Gasteiger partial charge in [-0.15, -0.1) is 0 Å². The fraction of sp³-hybridized carbons (Fsp3) is 0.350. The Balaban J connectivity index is 1.70. The van der Waals surface area contributed by atoms with E-state index in [1.165, 1.54) is 21.3 Å². The Labute approximate surface area is 166 Å². The molecule has 7 nitrogen and oxygen atoms in total. The zero-order valence-electron chi connectivity index (χ0n) is 15.4. The first-order chi connectivity index (χ1) is 13.6. The molecule has 1 aromatic rings. The minimum Gasteiger partial charge on any atom is -0.500 e. The van der Waals surface area contributed by atoms with Crippen LogP contribution in [0.1, 0.15) is 10.4 Å². The third-order valence-electron chi connectivity index (χ3n) is 5.41. The van der Waals surface area contributed by atoms with Crippen molar-refractivity contribution in [2.24, 2.45) is 11.8 Å². The number of hydrogen-bond acceptors (Lipinski definition) is 7. The van der Waals surface area contributed by atoms with Crippen LogP contribution in [-0.2, 0) is 14.2 Å². The van der Waals surface area contributed by atoms with Gasteiger partial charge in [0.25, 0.3) is 6.29 Å². The molecule has 0 bridgehead atoms. The first-order valence-corrected chi connectivity index (χ1v) is 9.11. The summed E-state index contributed by atoms with van der Waals surface area (Å²) < 4.78 is 34.0. The monoisotopic (exact) mass is 404 g/mol. The van der Waals surface area contributed by atoms with Crippen LogP contribution in [0, 0.1) is 11.8 Å². The summed E-state index contributed by atoms with van der Waals surface area (Å²) in [4.78, 5) is 13.6. The molecule has 5 rings (SSSR count). The van der Waals surface area contributed by atoms with E-state index in [2.05, 4.69) is 0 Å². The van der Waals surface area contributed by atoms with E-state index >= 15 is 0 Å². The number of carbonyl (C=O) groups excluding carboxylic acids is 1. The van der Waals surface area contributed by atoms with Gasteiger partial charge in [0.1, 0.15) is 29.1 Å². The second-order valence-corrected chi connectivity index (χ2v) is 7.12. The summed E-state index contributed by atoms with van der Waals surface area (Å²) in [6.07, 6.45) is 4.21. The van der Waals surface area contributed by atoms with Gasteiger partial charge in [0.05, 0.1) is 38.5 Å². The van der Waals surface area contributed by atoms with Gasteiger partial charge in [0, 0.05) is 11.6 Å². The first-order valence-electron chi connectivity index (χ1n) is 8.73. The van der Waals surface area contributed by atoms with Crippen LogP contribution in [0.25, 0.3) is 0 Å². The lowest BCUT2D eigenvalue weighted by Gasteiger charge is -2.36. The number of halogens is 1. The number of benzene rings is 1. The fourth-order valence-corrected chi connectivity index (χ4v) is 4.50. The number of methoxy groups -OCH3 is 3. The van der Waals surface area contributed by atoms with Crippen molar-refractivity contribution in [1.29, 1.82) is 0 Å². The first kappa shape index (κ1) is 17.3. The lowest BCUT2D eigenvalue weighted by molar-refractivity contribution is -0.0479. The maximum atomic E-state index is 13.6. The minimum absolute atomic E-state index is 0.132. The smallest absolute Gasteiger partial charge is 0.250 e. The molecule has 1 aromatic carbocycles. The molecule has 0 amide bonds. The Kier molecular flexibility index (Phi) is 3.77. The molecule has 0 N–H and O–H groups in total. The number of fused-ring (bicyclic) bond motifs is 5. The van der Waals surface area contributed by atoms with Crippen LogP contribution in [0.2, 0.25) is 5.02 Å². The molecular weight excluding hydrogens is 388 g/mol. The molecule has 3 heterocycles. The average Bonchev–Trinajstić information content (AvgIpc) is 3.27. The van der Waals surface area contributed by atoms with E-state index in [1.807, 2.05) is 6.08 Å². The van der Waals surface area contributed by atoms with Gasteiger partial charge in [0.2, 0.25) is 0 Å². The van der Waals surface area contributed by atoms with Crippen molar-refractivity contribution in [3.05, 3.63) is 52.2 Å². The molecule has 2 unspecified atom stereocenters. The van der Waals surface area contributed by atoms with E-state index in [9.17, 15) is 4.79 Å². The van der Waals surface area contributed by atoms with E-state index in [0.717, 1.165) is 5.57 Å². The second kappa shape index (κ2) is 6.10. The number of carbonyl (C=O) groups is 1. The molecule has 0 saturated carbocycles. The maximum Gasteiger partial charge on any atom is 0.250 e. The summed E-state index contributed by atoms with van der Waals surface area (Å²) in [5.74, 6) is 0.971. The largest absolute Gasteiger partial charge is 0.500 e. The number of ketones is 1. The predicted molar refractivity (Wildman–Crippen MR) is 97.5 cm³/mol. The second-order valence-electron chi connectivity index (χ2n) is 6.71. The quantitative estimate of drug-likeness (QED) is 0.765. The Morgan fingerprint density at radius 2 is 1.93 bits per heavy atom. The molecule has 4 aliphatic rings. The maximum absolute atomic E-state index is 13.6. The van der Waals surface area contributed by atoms with Gasteiger partial charge < -0.3 is 28.4 Å². The van der Waals surface area contributed by atoms with Crippen LogP contribution in [0.3, 0.4) is 0 Å². The standard InChI is InChI=1S/C20H17ClO7/c1-23-12-6-9(21)17(24-2)15-16(22)14-11(27-18(12)15)7-10-13(19(14)25-3)8-4-5-26-20(8)28-10/h4-8,11,14,20H,1-3H3/t8-,11?,14?,20+/m0/s1. The van der Waals surface area contributed by atoms with Crippen molar-refractivity contribution >= 4 is 17.4 Å². The van der Waals surface area contributed by atoms with Crippen molar-refractivity contribution in [3.8, 4) is 17.2 Å². The number of rotatable bonds is 3. The highest BCUT2D eigenvalue weighted by molar-refractivity contribution is 6.33. The number of hydrogen-bond donors (Lipinski definition) is 0. The molecule has 1 fully saturated rings. The minimum atomic E-state index is -0.690. The summed E-state index contributed by atoms with van der Waals surface area (Å²) in [5, 5.41) is 0.267. The van der Waals surface area contributed by atoms with E-state index in [0.29, 0.717) is 23.0 Å². The Bertz CT molecular complexity index is 977. The highest BCUT2D eigenvalue weighted by Gasteiger charge is 2.52. The number of Topliss-reactive ketones (excluding diaryl/α,β-unsaturated/α-hetero) is 1. The molecule has 0 spiro atoms. The normalized spacial score (nSPS) is 28.9. The fourth-order valence-electron chi connectivity index (χ4n) is 4.23. The lowest BCUT2D eigenvalue weighted by Crippen LogP contribution is -2.41. The van der Waals surface area contributed by atoms with Gasteiger partial charge in [-0.2, -0.15) is 0 Å². The van der Waals surface area contributed by atoms with Crippen molar-refractivity contribution in [1.82, 2.24) is 0 Å². The zero-order chi connectivity index (χ0) is 19.6. The van der Waals surface area contributed by atoms with Crippen LogP contribution in [0.15, 0.2) is 41.6 Å². The molecular formula is C20H17ClO7. The molecule has 8 heteroatoms. The molecule has 1 saturated heterocycles. The van der Waals surface area contributed by atoms with Crippen molar-refractivity contribution < 1.29 is 33.2 Å². The van der Waals surface area contributed by atoms with E-state index in [4.69, 9.17) is 40.0 Å². The molecule has 0 radical (unpaired) electrons. The summed E-state index contributed by atoms with van der Waals surface area (Å²) in [6, 6.07) is 1.57. The lowest BCUT2D eigenvalue weighted by atomic mass is 9.79. The van der Waals surface area contributed by atoms with Gasteiger partial charge in [-0.05, 0) is 12.2 Å². The molecule has 28 heavy (non-hydrogen) atoms. The van der Waals surface area contributed by atoms with Crippen LogP contribution in [0.4, 0.5) is 0 Å². The van der Waals surface area contributed by atoms with Gasteiger partial charge in [-0.3, -0.25) is 4.79 Å². The Morgan fingerprint density at radius 3 is 2.64 bits per heavy atom. The molecule has 4 atom stereocenters. The molecule has 146 valence electrons. The summed E-state index contributed by atoms with van der Waals surface area (Å²) >= 11 is 6.30. The Hall–Kier alpha value is -2.80. The zero-order valence-corrected chi connectivity index (χ0v) is 16.1. The Morgan fingerprint density at radius 1 is 1.11 bits per heavy atom. The van der Waals surface area contributed by atoms with Gasteiger partial charge in [-0.25, -0.2) is 0 Å². The van der Waals surface area contributed by atoms with E-state index in [-0.39, 0.29) is 28.0 Å². The highest BCUT2D eigenvalue weighted by atomic mass is 35.5. The van der Waals surface area contributed by atoms with Crippen LogP contribution >= 0.6 is 11.6 Å². The summed E-state index contributed by atoms with van der Waals surface area (Å²) in [6.45, 7) is 0. The van der Waals surface area contributed by atoms with Gasteiger partial charge in [-0.1, -0.05) is 11.6 Å². The van der Waals surface area contributed by atoms with Gasteiger partial charge >= 0.3 is 0 Å². The average molecular weight is 405 g/mol. The van der Waals surface area contributed by atoms with E-state index < -0.39 is 18.3 Å². The van der Waals surface area contributed by atoms with Crippen LogP contribution in [-0.4, -0.2) is 39.5 Å². The highest BCUT2D eigenvalue weighted by Crippen LogP contribution is 2.53.